The molecule has 0 spiro atoms. The van der Waals surface area contributed by atoms with Crippen molar-refractivity contribution in [2.75, 3.05) is 22.9 Å². The third-order valence-corrected chi connectivity index (χ3v) is 5.60. The number of amidine groups is 1. The number of rotatable bonds is 5. The summed E-state index contributed by atoms with van der Waals surface area (Å²) in [6.07, 6.45) is 0.921. The van der Waals surface area contributed by atoms with E-state index in [2.05, 4.69) is 38.8 Å². The van der Waals surface area contributed by atoms with Crippen LogP contribution in [0.25, 0.3) is 10.2 Å². The molecular formula is C18H16N4OS2. The molecule has 0 fully saturated rings. The molecular weight excluding hydrogens is 352 g/mol. The van der Waals surface area contributed by atoms with Crippen molar-refractivity contribution in [1.82, 2.24) is 4.98 Å². The predicted molar refractivity (Wildman–Crippen MR) is 107 cm³/mol. The number of nitrogens with one attached hydrogen (secondary N) is 2. The molecule has 0 radical (unpaired) electrons. The van der Waals surface area contributed by atoms with Crippen molar-refractivity contribution in [2.45, 2.75) is 6.42 Å². The molecule has 1 aliphatic rings. The van der Waals surface area contributed by atoms with Gasteiger partial charge in [0.2, 0.25) is 0 Å². The van der Waals surface area contributed by atoms with Crippen molar-refractivity contribution >= 4 is 55.2 Å². The van der Waals surface area contributed by atoms with E-state index in [0.29, 0.717) is 10.9 Å². The molecule has 7 heteroatoms. The van der Waals surface area contributed by atoms with Gasteiger partial charge in [-0.25, -0.2) is 4.98 Å². The number of para-hydroxylation sites is 1. The highest BCUT2D eigenvalue weighted by molar-refractivity contribution is 8.15. The maximum atomic E-state index is 11.1. The summed E-state index contributed by atoms with van der Waals surface area (Å²) in [5.74, 6) is 0.350. The molecule has 5 nitrogen and oxygen atoms in total. The summed E-state index contributed by atoms with van der Waals surface area (Å²) in [6, 6.07) is 16.4. The summed E-state index contributed by atoms with van der Waals surface area (Å²) in [7, 11) is 0. The average molecular weight is 368 g/mol. The fraction of sp³-hybridized carbons (Fsp3) is 0.167. The molecule has 0 atom stereocenters. The van der Waals surface area contributed by atoms with Gasteiger partial charge in [-0.1, -0.05) is 47.4 Å². The number of amides is 1. The summed E-state index contributed by atoms with van der Waals surface area (Å²) < 4.78 is 1.20. The van der Waals surface area contributed by atoms with Crippen molar-refractivity contribution in [3.63, 3.8) is 0 Å². The molecule has 1 aliphatic heterocycles. The minimum absolute atomic E-state index is 0.0787. The van der Waals surface area contributed by atoms with E-state index in [9.17, 15) is 4.79 Å². The summed E-state index contributed by atoms with van der Waals surface area (Å²) >= 11 is 3.11. The fourth-order valence-electron chi connectivity index (χ4n) is 2.51. The molecule has 2 aromatic carbocycles. The number of carbonyl (C=O) groups excluding carboxylic acids is 1. The van der Waals surface area contributed by atoms with Crippen LogP contribution in [0.5, 0.6) is 0 Å². The van der Waals surface area contributed by atoms with Crippen molar-refractivity contribution in [3.05, 3.63) is 54.1 Å². The van der Waals surface area contributed by atoms with Gasteiger partial charge >= 0.3 is 0 Å². The molecule has 0 saturated carbocycles. The van der Waals surface area contributed by atoms with Crippen LogP contribution in [0.4, 0.5) is 10.8 Å². The quantitative estimate of drug-likeness (QED) is 0.713. The maximum absolute atomic E-state index is 11.1. The highest BCUT2D eigenvalue weighted by Gasteiger charge is 2.14. The summed E-state index contributed by atoms with van der Waals surface area (Å²) in [6.45, 7) is 0.837. The molecule has 25 heavy (non-hydrogen) atoms. The monoisotopic (exact) mass is 368 g/mol. The second kappa shape index (κ2) is 7.25. The van der Waals surface area contributed by atoms with Crippen LogP contribution in [0.2, 0.25) is 0 Å². The van der Waals surface area contributed by atoms with E-state index in [1.54, 1.807) is 11.3 Å². The van der Waals surface area contributed by atoms with E-state index < -0.39 is 0 Å². The van der Waals surface area contributed by atoms with Gasteiger partial charge in [-0.05, 0) is 36.2 Å². The molecule has 3 aromatic rings. The second-order valence-electron chi connectivity index (χ2n) is 5.58. The second-order valence-corrected chi connectivity index (χ2v) is 7.58. The van der Waals surface area contributed by atoms with Crippen LogP contribution < -0.4 is 10.6 Å². The lowest BCUT2D eigenvalue weighted by Gasteiger charge is -2.07. The standard InChI is InChI=1S/C18H16N4OS2/c23-16-11-24-18(22-16)20-13-7-5-12(6-8-13)9-10-19-17-21-14-3-1-2-4-15(14)25-17/h1-8H,9-11H2,(H,19,21)(H,20,22,23). The van der Waals surface area contributed by atoms with E-state index in [0.717, 1.165) is 29.3 Å². The number of anilines is 2. The number of thiazole rings is 1. The van der Waals surface area contributed by atoms with Crippen molar-refractivity contribution in [1.29, 1.82) is 0 Å². The van der Waals surface area contributed by atoms with Crippen molar-refractivity contribution in [2.24, 2.45) is 4.99 Å². The highest BCUT2D eigenvalue weighted by Crippen LogP contribution is 2.25. The number of thioether (sulfide) groups is 1. The van der Waals surface area contributed by atoms with Crippen LogP contribution in [0.1, 0.15) is 5.56 Å². The Hall–Kier alpha value is -2.38. The first kappa shape index (κ1) is 16.1. The van der Waals surface area contributed by atoms with Crippen LogP contribution in [-0.4, -0.2) is 28.4 Å². The van der Waals surface area contributed by atoms with Crippen LogP contribution in [-0.2, 0) is 11.2 Å². The third kappa shape index (κ3) is 4.00. The van der Waals surface area contributed by atoms with E-state index >= 15 is 0 Å². The average Bonchev–Trinajstić information content (AvgIpc) is 3.22. The topological polar surface area (TPSA) is 66.4 Å². The summed E-state index contributed by atoms with van der Waals surface area (Å²) in [5, 5.41) is 8.19. The fourth-order valence-corrected chi connectivity index (χ4v) is 4.08. The van der Waals surface area contributed by atoms with Gasteiger partial charge in [0, 0.05) is 12.2 Å². The Morgan fingerprint density at radius 2 is 1.92 bits per heavy atom. The Morgan fingerprint density at radius 1 is 1.08 bits per heavy atom. The zero-order valence-electron chi connectivity index (χ0n) is 13.4. The number of nitrogens with zero attached hydrogens (tertiary/aromatic N) is 2. The number of fused-ring (bicyclic) bond motifs is 1. The van der Waals surface area contributed by atoms with Gasteiger partial charge in [0.15, 0.2) is 10.3 Å². The Kier molecular flexibility index (Phi) is 4.67. The first-order chi connectivity index (χ1) is 12.3. The van der Waals surface area contributed by atoms with Crippen LogP contribution in [0.3, 0.4) is 0 Å². The van der Waals surface area contributed by atoms with Gasteiger partial charge in [0.1, 0.15) is 0 Å². The summed E-state index contributed by atoms with van der Waals surface area (Å²) in [4.78, 5) is 19.6. The van der Waals surface area contributed by atoms with Gasteiger partial charge < -0.3 is 10.6 Å². The molecule has 126 valence electrons. The van der Waals surface area contributed by atoms with E-state index in [1.807, 2.05) is 30.3 Å². The third-order valence-electron chi connectivity index (χ3n) is 3.75. The van der Waals surface area contributed by atoms with Crippen LogP contribution in [0, 0.1) is 0 Å². The van der Waals surface area contributed by atoms with E-state index in [4.69, 9.17) is 0 Å². The lowest BCUT2D eigenvalue weighted by atomic mass is 10.1. The molecule has 0 aliphatic carbocycles. The lowest BCUT2D eigenvalue weighted by Crippen LogP contribution is -2.06. The maximum Gasteiger partial charge on any atom is 0.258 e. The number of aliphatic imine (C=N–C) groups is 1. The molecule has 0 saturated heterocycles. The van der Waals surface area contributed by atoms with Gasteiger partial charge in [-0.15, -0.1) is 0 Å². The first-order valence-electron chi connectivity index (χ1n) is 7.96. The van der Waals surface area contributed by atoms with Gasteiger partial charge in [0.05, 0.1) is 16.0 Å². The van der Waals surface area contributed by atoms with E-state index in [1.165, 1.54) is 22.0 Å². The van der Waals surface area contributed by atoms with Crippen molar-refractivity contribution in [3.8, 4) is 0 Å². The molecule has 2 N–H and O–H groups in total. The Balaban J connectivity index is 1.30. The van der Waals surface area contributed by atoms with Gasteiger partial charge in [-0.3, -0.25) is 4.79 Å². The number of aromatic nitrogens is 1. The molecule has 1 aromatic heterocycles. The lowest BCUT2D eigenvalue weighted by molar-refractivity contribution is -0.115. The Bertz CT molecular complexity index is 901. The van der Waals surface area contributed by atoms with Crippen LogP contribution in [0.15, 0.2) is 53.5 Å². The zero-order valence-corrected chi connectivity index (χ0v) is 15.0. The van der Waals surface area contributed by atoms with Gasteiger partial charge in [-0.2, -0.15) is 4.99 Å². The highest BCUT2D eigenvalue weighted by atomic mass is 32.2. The SMILES string of the molecule is O=C1CSC(Nc2ccc(CCNc3nc4ccccc4s3)cc2)=N1. The van der Waals surface area contributed by atoms with Gasteiger partial charge in [0.25, 0.3) is 5.91 Å². The Labute approximate surface area is 153 Å². The molecule has 0 bridgehead atoms. The van der Waals surface area contributed by atoms with Crippen molar-refractivity contribution < 1.29 is 4.79 Å². The molecule has 1 amide bonds. The first-order valence-corrected chi connectivity index (χ1v) is 9.76. The molecule has 4 rings (SSSR count). The van der Waals surface area contributed by atoms with Crippen LogP contribution >= 0.6 is 23.1 Å². The minimum atomic E-state index is -0.0787. The number of carbonyl (C=O) groups is 1. The number of hydrogen-bond acceptors (Lipinski definition) is 6. The number of hydrogen-bond donors (Lipinski definition) is 2. The predicted octanol–water partition coefficient (Wildman–Crippen LogP) is 3.99. The molecule has 2 heterocycles. The minimum Gasteiger partial charge on any atom is -0.361 e. The van der Waals surface area contributed by atoms with E-state index in [-0.39, 0.29) is 5.91 Å². The zero-order chi connectivity index (χ0) is 17.1. The largest absolute Gasteiger partial charge is 0.361 e. The molecule has 0 unspecified atom stereocenters. The normalized spacial score (nSPS) is 13.9. The Morgan fingerprint density at radius 3 is 2.68 bits per heavy atom. The smallest absolute Gasteiger partial charge is 0.258 e. The summed E-state index contributed by atoms with van der Waals surface area (Å²) in [5.41, 5.74) is 3.23. The number of benzene rings is 2.